The van der Waals surface area contributed by atoms with Gasteiger partial charge >= 0.3 is 0 Å². The van der Waals surface area contributed by atoms with E-state index in [1.54, 1.807) is 12.1 Å². The number of nitrogens with one attached hydrogen (secondary N) is 1. The van der Waals surface area contributed by atoms with E-state index in [1.165, 1.54) is 4.90 Å². The molecule has 0 spiro atoms. The maximum absolute atomic E-state index is 14.2. The summed E-state index contributed by atoms with van der Waals surface area (Å²) in [6.45, 7) is 11.1. The van der Waals surface area contributed by atoms with E-state index in [9.17, 15) is 18.0 Å². The van der Waals surface area contributed by atoms with Crippen molar-refractivity contribution in [2.75, 3.05) is 17.1 Å². The molecule has 0 heterocycles. The summed E-state index contributed by atoms with van der Waals surface area (Å²) in [5.41, 5.74) is 4.43. The Bertz CT molecular complexity index is 1430. The van der Waals surface area contributed by atoms with Gasteiger partial charge in [0.1, 0.15) is 12.6 Å². The number of rotatable bonds is 10. The first-order chi connectivity index (χ1) is 18.7. The highest BCUT2D eigenvalue weighted by Gasteiger charge is 2.34. The lowest BCUT2D eigenvalue weighted by molar-refractivity contribution is -0.140. The van der Waals surface area contributed by atoms with Gasteiger partial charge in [-0.05, 0) is 69.9 Å². The number of amides is 2. The minimum atomic E-state index is -3.81. The summed E-state index contributed by atoms with van der Waals surface area (Å²) < 4.78 is 27.2. The summed E-state index contributed by atoms with van der Waals surface area (Å²) in [6.07, 6.45) is 1.38. The van der Waals surface area contributed by atoms with E-state index in [4.69, 9.17) is 0 Å². The lowest BCUT2D eigenvalue weighted by atomic mass is 10.0. The quantitative estimate of drug-likeness (QED) is 0.379. The molecule has 214 valence electrons. The van der Waals surface area contributed by atoms with E-state index in [-0.39, 0.29) is 18.9 Å². The zero-order valence-corrected chi connectivity index (χ0v) is 25.4. The van der Waals surface area contributed by atoms with Gasteiger partial charge in [0.15, 0.2) is 0 Å². The van der Waals surface area contributed by atoms with Crippen LogP contribution in [0.5, 0.6) is 0 Å². The molecule has 40 heavy (non-hydrogen) atoms. The Morgan fingerprint density at radius 3 is 2.05 bits per heavy atom. The molecule has 3 aromatic rings. The molecule has 0 unspecified atom stereocenters. The van der Waals surface area contributed by atoms with Gasteiger partial charge in [-0.25, -0.2) is 8.42 Å². The molecule has 0 radical (unpaired) electrons. The molecule has 3 rings (SSSR count). The average Bonchev–Trinajstić information content (AvgIpc) is 2.86. The highest BCUT2D eigenvalue weighted by atomic mass is 32.2. The van der Waals surface area contributed by atoms with Gasteiger partial charge < -0.3 is 10.2 Å². The molecule has 1 N–H and O–H groups in total. The molecule has 0 bridgehead atoms. The lowest BCUT2D eigenvalue weighted by Crippen LogP contribution is -2.56. The Balaban J connectivity index is 2.09. The van der Waals surface area contributed by atoms with Gasteiger partial charge in [0.25, 0.3) is 0 Å². The Labute approximate surface area is 239 Å². The molecule has 1 atom stereocenters. The van der Waals surface area contributed by atoms with Crippen LogP contribution in [0.4, 0.5) is 5.69 Å². The molecule has 0 aromatic heterocycles. The van der Waals surface area contributed by atoms with E-state index >= 15 is 0 Å². The first kappa shape index (κ1) is 30.9. The maximum Gasteiger partial charge on any atom is 0.244 e. The Kier molecular flexibility index (Phi) is 9.79. The summed E-state index contributed by atoms with van der Waals surface area (Å²) in [5.74, 6) is -0.758. The smallest absolute Gasteiger partial charge is 0.244 e. The topological polar surface area (TPSA) is 86.8 Å². The number of benzene rings is 3. The minimum Gasteiger partial charge on any atom is -0.350 e. The van der Waals surface area contributed by atoms with E-state index in [0.29, 0.717) is 5.69 Å². The SMILES string of the molecule is Cc1ccc(CN(C(=O)CN(c2cccc(C)c2C)S(C)(=O)=O)[C@H](Cc2ccccc2)C(=O)NC(C)(C)C)cc1. The third kappa shape index (κ3) is 8.42. The van der Waals surface area contributed by atoms with Crippen molar-refractivity contribution >= 4 is 27.5 Å². The van der Waals surface area contributed by atoms with Crippen LogP contribution < -0.4 is 9.62 Å². The van der Waals surface area contributed by atoms with Gasteiger partial charge in [0.05, 0.1) is 11.9 Å². The van der Waals surface area contributed by atoms with Crippen LogP contribution in [0.1, 0.15) is 48.6 Å². The van der Waals surface area contributed by atoms with Crippen LogP contribution in [0.25, 0.3) is 0 Å². The molecule has 0 aliphatic heterocycles. The zero-order chi connectivity index (χ0) is 29.7. The predicted octanol–water partition coefficient (Wildman–Crippen LogP) is 4.93. The van der Waals surface area contributed by atoms with Crippen molar-refractivity contribution in [3.05, 3.63) is 101 Å². The molecule has 3 aromatic carbocycles. The van der Waals surface area contributed by atoms with E-state index in [2.05, 4.69) is 5.32 Å². The molecule has 8 heteroatoms. The van der Waals surface area contributed by atoms with Gasteiger partial charge in [0.2, 0.25) is 21.8 Å². The van der Waals surface area contributed by atoms with Crippen molar-refractivity contribution in [1.29, 1.82) is 0 Å². The Morgan fingerprint density at radius 1 is 0.850 bits per heavy atom. The van der Waals surface area contributed by atoms with E-state index in [1.807, 2.05) is 102 Å². The van der Waals surface area contributed by atoms with Gasteiger partial charge in [-0.15, -0.1) is 0 Å². The summed E-state index contributed by atoms with van der Waals surface area (Å²) in [5, 5.41) is 3.04. The molecule has 0 aliphatic rings. The number of hydrogen-bond donors (Lipinski definition) is 1. The average molecular weight is 564 g/mol. The second-order valence-electron chi connectivity index (χ2n) is 11.4. The molecule has 0 aliphatic carbocycles. The summed E-state index contributed by atoms with van der Waals surface area (Å²) in [6, 6.07) is 21.8. The third-order valence-electron chi connectivity index (χ3n) is 6.77. The maximum atomic E-state index is 14.2. The molecular formula is C32H41N3O4S. The Hall–Kier alpha value is -3.65. The molecule has 7 nitrogen and oxygen atoms in total. The van der Waals surface area contributed by atoms with Gasteiger partial charge in [-0.1, -0.05) is 72.3 Å². The number of hydrogen-bond acceptors (Lipinski definition) is 4. The normalized spacial score (nSPS) is 12.5. The second kappa shape index (κ2) is 12.7. The van der Waals surface area contributed by atoms with E-state index in [0.717, 1.165) is 38.4 Å². The van der Waals surface area contributed by atoms with Crippen LogP contribution in [-0.4, -0.2) is 49.5 Å². The zero-order valence-electron chi connectivity index (χ0n) is 24.6. The van der Waals surface area contributed by atoms with Crippen molar-refractivity contribution in [3.63, 3.8) is 0 Å². The van der Waals surface area contributed by atoms with Gasteiger partial charge in [-0.3, -0.25) is 13.9 Å². The van der Waals surface area contributed by atoms with Gasteiger partial charge in [0, 0.05) is 18.5 Å². The first-order valence-corrected chi connectivity index (χ1v) is 15.3. The number of carbonyl (C=O) groups is 2. The van der Waals surface area contributed by atoms with Crippen LogP contribution >= 0.6 is 0 Å². The fraction of sp³-hybridized carbons (Fsp3) is 0.375. The standard InChI is InChI=1S/C32H41N3O4S/c1-23-16-18-27(19-17-23)21-34(29(31(37)33-32(4,5)6)20-26-13-9-8-10-14-26)30(36)22-35(40(7,38)39)28-15-11-12-24(2)25(28)3/h8-19,29H,20-22H2,1-7H3,(H,33,37)/t29-/m1/s1. The number of nitrogens with zero attached hydrogens (tertiary/aromatic N) is 2. The third-order valence-corrected chi connectivity index (χ3v) is 7.89. The van der Waals surface area contributed by atoms with E-state index < -0.39 is 34.1 Å². The van der Waals surface area contributed by atoms with Crippen LogP contribution in [0.2, 0.25) is 0 Å². The largest absolute Gasteiger partial charge is 0.350 e. The first-order valence-electron chi connectivity index (χ1n) is 13.4. The summed E-state index contributed by atoms with van der Waals surface area (Å²) >= 11 is 0. The number of aryl methyl sites for hydroxylation is 2. The van der Waals surface area contributed by atoms with Crippen molar-refractivity contribution in [3.8, 4) is 0 Å². The monoisotopic (exact) mass is 563 g/mol. The highest BCUT2D eigenvalue weighted by molar-refractivity contribution is 7.92. The number of anilines is 1. The fourth-order valence-corrected chi connectivity index (χ4v) is 5.40. The van der Waals surface area contributed by atoms with Crippen LogP contribution in [-0.2, 0) is 32.6 Å². The lowest BCUT2D eigenvalue weighted by Gasteiger charge is -2.35. The molecule has 0 saturated heterocycles. The van der Waals surface area contributed by atoms with Crippen LogP contribution in [0.3, 0.4) is 0 Å². The minimum absolute atomic E-state index is 0.151. The van der Waals surface area contributed by atoms with Crippen LogP contribution in [0.15, 0.2) is 72.8 Å². The number of carbonyl (C=O) groups excluding carboxylic acids is 2. The van der Waals surface area contributed by atoms with Crippen molar-refractivity contribution in [2.24, 2.45) is 0 Å². The molecular weight excluding hydrogens is 522 g/mol. The number of sulfonamides is 1. The van der Waals surface area contributed by atoms with Crippen molar-refractivity contribution in [2.45, 2.75) is 66.1 Å². The second-order valence-corrected chi connectivity index (χ2v) is 13.3. The summed E-state index contributed by atoms with van der Waals surface area (Å²) in [7, 11) is -3.81. The molecule has 2 amide bonds. The van der Waals surface area contributed by atoms with Crippen LogP contribution in [0, 0.1) is 20.8 Å². The molecule has 0 fully saturated rings. The Morgan fingerprint density at radius 2 is 1.48 bits per heavy atom. The van der Waals surface area contributed by atoms with Gasteiger partial charge in [-0.2, -0.15) is 0 Å². The highest BCUT2D eigenvalue weighted by Crippen LogP contribution is 2.26. The molecule has 0 saturated carbocycles. The van der Waals surface area contributed by atoms with Crippen molar-refractivity contribution < 1.29 is 18.0 Å². The fourth-order valence-electron chi connectivity index (χ4n) is 4.50. The predicted molar refractivity (Wildman–Crippen MR) is 162 cm³/mol. The summed E-state index contributed by atoms with van der Waals surface area (Å²) in [4.78, 5) is 29.5. The van der Waals surface area contributed by atoms with Crippen molar-refractivity contribution in [1.82, 2.24) is 10.2 Å².